The molecule has 1 nitrogen and oxygen atoms in total. The first-order chi connectivity index (χ1) is 5.34. The first kappa shape index (κ1) is 7.04. The second-order valence-corrected chi connectivity index (χ2v) is 4.26. The van der Waals surface area contributed by atoms with Crippen molar-refractivity contribution in [3.05, 3.63) is 24.3 Å². The molecule has 58 valence electrons. The summed E-state index contributed by atoms with van der Waals surface area (Å²) >= 11 is 1.96. The summed E-state index contributed by atoms with van der Waals surface area (Å²) < 4.78 is 0. The number of hydrogen-bond donors (Lipinski definition) is 1. The molecule has 0 spiro atoms. The van der Waals surface area contributed by atoms with Crippen LogP contribution >= 0.6 is 11.8 Å². The van der Waals surface area contributed by atoms with Gasteiger partial charge in [0.15, 0.2) is 0 Å². The smallest absolute Gasteiger partial charge is 0.0314 e. The highest BCUT2D eigenvalue weighted by Crippen LogP contribution is 2.39. The van der Waals surface area contributed by atoms with Crippen LogP contribution in [0.3, 0.4) is 0 Å². The van der Waals surface area contributed by atoms with Crippen molar-refractivity contribution in [2.24, 2.45) is 0 Å². The minimum Gasteiger partial charge on any atom is -0.399 e. The van der Waals surface area contributed by atoms with Crippen LogP contribution in [0.1, 0.15) is 12.8 Å². The van der Waals surface area contributed by atoms with Crippen molar-refractivity contribution in [1.29, 1.82) is 0 Å². The van der Waals surface area contributed by atoms with E-state index < -0.39 is 0 Å². The maximum absolute atomic E-state index is 5.56. The highest BCUT2D eigenvalue weighted by atomic mass is 32.2. The first-order valence-corrected chi connectivity index (χ1v) is 4.75. The summed E-state index contributed by atoms with van der Waals surface area (Å²) in [5.41, 5.74) is 6.42. The fraction of sp³-hybridized carbons (Fsp3) is 0.333. The normalized spacial score (nSPS) is 16.7. The number of nitrogen functional groups attached to an aromatic ring is 1. The van der Waals surface area contributed by atoms with Crippen LogP contribution in [0.2, 0.25) is 0 Å². The summed E-state index contributed by atoms with van der Waals surface area (Å²) in [5.74, 6) is 0. The molecule has 1 aromatic carbocycles. The van der Waals surface area contributed by atoms with E-state index in [2.05, 4.69) is 12.1 Å². The quantitative estimate of drug-likeness (QED) is 0.681. The van der Waals surface area contributed by atoms with E-state index in [0.29, 0.717) is 0 Å². The Balaban J connectivity index is 2.06. The van der Waals surface area contributed by atoms with Crippen LogP contribution in [0.15, 0.2) is 29.2 Å². The average Bonchev–Trinajstić information content (AvgIpc) is 2.78. The van der Waals surface area contributed by atoms with Gasteiger partial charge in [0.1, 0.15) is 0 Å². The average molecular weight is 165 g/mol. The number of nitrogens with two attached hydrogens (primary N) is 1. The summed E-state index contributed by atoms with van der Waals surface area (Å²) in [4.78, 5) is 1.35. The molecule has 0 aromatic heterocycles. The van der Waals surface area contributed by atoms with E-state index in [1.54, 1.807) is 0 Å². The SMILES string of the molecule is Nc1ccc(SC2CC2)cc1. The van der Waals surface area contributed by atoms with Crippen LogP contribution in [0.25, 0.3) is 0 Å². The number of benzene rings is 1. The Hall–Kier alpha value is -0.630. The van der Waals surface area contributed by atoms with Crippen molar-refractivity contribution >= 4 is 17.4 Å². The zero-order valence-electron chi connectivity index (χ0n) is 6.29. The third kappa shape index (κ3) is 1.90. The summed E-state index contributed by atoms with van der Waals surface area (Å²) in [7, 11) is 0. The molecule has 0 atom stereocenters. The van der Waals surface area contributed by atoms with Crippen LogP contribution in [0.4, 0.5) is 5.69 Å². The monoisotopic (exact) mass is 165 g/mol. The van der Waals surface area contributed by atoms with E-state index in [-0.39, 0.29) is 0 Å². The standard InChI is InChI=1S/C9H11NS/c10-7-1-3-8(4-2-7)11-9-5-6-9/h1-4,9H,5-6,10H2. The molecule has 2 rings (SSSR count). The predicted octanol–water partition coefficient (Wildman–Crippen LogP) is 2.52. The molecular weight excluding hydrogens is 154 g/mol. The minimum atomic E-state index is 0.852. The molecule has 0 bridgehead atoms. The number of thioether (sulfide) groups is 1. The van der Waals surface area contributed by atoms with E-state index in [4.69, 9.17) is 5.73 Å². The van der Waals surface area contributed by atoms with Crippen molar-refractivity contribution in [1.82, 2.24) is 0 Å². The largest absolute Gasteiger partial charge is 0.399 e. The van der Waals surface area contributed by atoms with Gasteiger partial charge in [0.2, 0.25) is 0 Å². The number of anilines is 1. The molecule has 2 N–H and O–H groups in total. The molecule has 0 amide bonds. The Bertz CT molecular complexity index is 238. The van der Waals surface area contributed by atoms with Gasteiger partial charge in [-0.15, -0.1) is 11.8 Å². The Morgan fingerprint density at radius 1 is 1.18 bits per heavy atom. The van der Waals surface area contributed by atoms with Crippen LogP contribution in [0.5, 0.6) is 0 Å². The Morgan fingerprint density at radius 2 is 1.82 bits per heavy atom. The van der Waals surface area contributed by atoms with Crippen molar-refractivity contribution in [3.8, 4) is 0 Å². The lowest BCUT2D eigenvalue weighted by molar-refractivity contribution is 1.42. The molecule has 0 unspecified atom stereocenters. The van der Waals surface area contributed by atoms with E-state index in [1.807, 2.05) is 23.9 Å². The lowest BCUT2D eigenvalue weighted by atomic mass is 10.3. The second kappa shape index (κ2) is 2.78. The van der Waals surface area contributed by atoms with Gasteiger partial charge in [0, 0.05) is 15.8 Å². The summed E-state index contributed by atoms with van der Waals surface area (Å²) in [6.07, 6.45) is 2.77. The molecule has 1 aromatic rings. The van der Waals surface area contributed by atoms with Crippen LogP contribution < -0.4 is 5.73 Å². The molecule has 0 radical (unpaired) electrons. The van der Waals surface area contributed by atoms with Gasteiger partial charge in [0.25, 0.3) is 0 Å². The fourth-order valence-electron chi connectivity index (χ4n) is 0.925. The predicted molar refractivity (Wildman–Crippen MR) is 49.7 cm³/mol. The van der Waals surface area contributed by atoms with Gasteiger partial charge in [0.05, 0.1) is 0 Å². The first-order valence-electron chi connectivity index (χ1n) is 3.87. The van der Waals surface area contributed by atoms with E-state index >= 15 is 0 Å². The fourth-order valence-corrected chi connectivity index (χ4v) is 1.97. The Morgan fingerprint density at radius 3 is 2.36 bits per heavy atom. The number of hydrogen-bond acceptors (Lipinski definition) is 2. The van der Waals surface area contributed by atoms with Gasteiger partial charge in [-0.1, -0.05) is 0 Å². The Kier molecular flexibility index (Phi) is 1.78. The summed E-state index contributed by atoms with van der Waals surface area (Å²) in [5, 5.41) is 0.888. The molecule has 0 saturated heterocycles. The third-order valence-corrected chi connectivity index (χ3v) is 3.06. The van der Waals surface area contributed by atoms with Crippen LogP contribution in [0, 0.1) is 0 Å². The van der Waals surface area contributed by atoms with Crippen LogP contribution in [-0.2, 0) is 0 Å². The van der Waals surface area contributed by atoms with E-state index in [9.17, 15) is 0 Å². The maximum atomic E-state index is 5.56. The van der Waals surface area contributed by atoms with Gasteiger partial charge >= 0.3 is 0 Å². The highest BCUT2D eigenvalue weighted by Gasteiger charge is 2.21. The van der Waals surface area contributed by atoms with Crippen molar-refractivity contribution < 1.29 is 0 Å². The zero-order valence-corrected chi connectivity index (χ0v) is 7.10. The number of rotatable bonds is 2. The van der Waals surface area contributed by atoms with Gasteiger partial charge in [-0.2, -0.15) is 0 Å². The molecule has 11 heavy (non-hydrogen) atoms. The van der Waals surface area contributed by atoms with Crippen molar-refractivity contribution in [2.75, 3.05) is 5.73 Å². The van der Waals surface area contributed by atoms with Crippen molar-refractivity contribution in [3.63, 3.8) is 0 Å². The zero-order chi connectivity index (χ0) is 7.68. The van der Waals surface area contributed by atoms with Crippen molar-refractivity contribution in [2.45, 2.75) is 23.0 Å². The Labute approximate surface area is 71.0 Å². The highest BCUT2D eigenvalue weighted by molar-refractivity contribution is 8.00. The van der Waals surface area contributed by atoms with E-state index in [1.165, 1.54) is 17.7 Å². The summed E-state index contributed by atoms with van der Waals surface area (Å²) in [6, 6.07) is 8.12. The molecule has 1 aliphatic carbocycles. The van der Waals surface area contributed by atoms with E-state index in [0.717, 1.165) is 10.9 Å². The molecule has 1 saturated carbocycles. The molecule has 1 fully saturated rings. The van der Waals surface area contributed by atoms with Gasteiger partial charge < -0.3 is 5.73 Å². The third-order valence-electron chi connectivity index (χ3n) is 1.71. The van der Waals surface area contributed by atoms with Gasteiger partial charge in [-0.25, -0.2) is 0 Å². The molecule has 0 heterocycles. The maximum Gasteiger partial charge on any atom is 0.0314 e. The molecule has 0 aliphatic heterocycles. The lowest BCUT2D eigenvalue weighted by Crippen LogP contribution is -1.82. The topological polar surface area (TPSA) is 26.0 Å². The van der Waals surface area contributed by atoms with Gasteiger partial charge in [-0.3, -0.25) is 0 Å². The molecule has 2 heteroatoms. The summed E-state index contributed by atoms with van der Waals surface area (Å²) in [6.45, 7) is 0. The second-order valence-electron chi connectivity index (χ2n) is 2.89. The van der Waals surface area contributed by atoms with Crippen LogP contribution in [-0.4, -0.2) is 5.25 Å². The lowest BCUT2D eigenvalue weighted by Gasteiger charge is -1.98. The minimum absolute atomic E-state index is 0.852. The molecular formula is C9H11NS. The van der Waals surface area contributed by atoms with Gasteiger partial charge in [-0.05, 0) is 37.1 Å². The molecule has 1 aliphatic rings.